The van der Waals surface area contributed by atoms with Crippen LogP contribution in [0.25, 0.3) is 0 Å². The number of methoxy groups -OCH3 is 1. The molecule has 0 spiro atoms. The van der Waals surface area contributed by atoms with E-state index < -0.39 is 5.97 Å². The first kappa shape index (κ1) is 21.0. The minimum absolute atomic E-state index is 0.0782. The minimum atomic E-state index is -0.442. The number of ether oxygens (including phenoxy) is 2. The van der Waals surface area contributed by atoms with Crippen LogP contribution in [-0.2, 0) is 16.0 Å². The Balaban J connectivity index is 1.67. The van der Waals surface area contributed by atoms with E-state index in [4.69, 9.17) is 9.47 Å². The average molecular weight is 384 g/mol. The molecule has 2 aromatic rings. The van der Waals surface area contributed by atoms with Gasteiger partial charge in [-0.15, -0.1) is 0 Å². The fourth-order valence-electron chi connectivity index (χ4n) is 2.48. The molecule has 0 aromatic heterocycles. The molecule has 0 aliphatic carbocycles. The largest absolute Gasteiger partial charge is 0.497 e. The predicted octanol–water partition coefficient (Wildman–Crippen LogP) is 2.10. The van der Waals surface area contributed by atoms with E-state index in [0.29, 0.717) is 37.2 Å². The van der Waals surface area contributed by atoms with Crippen LogP contribution in [0.5, 0.6) is 11.5 Å². The van der Waals surface area contributed by atoms with E-state index in [9.17, 15) is 14.4 Å². The predicted molar refractivity (Wildman–Crippen MR) is 104 cm³/mol. The summed E-state index contributed by atoms with van der Waals surface area (Å²) in [6.07, 6.45) is 0.892. The van der Waals surface area contributed by atoms with Crippen molar-refractivity contribution in [3.05, 3.63) is 59.7 Å². The lowest BCUT2D eigenvalue weighted by Gasteiger charge is -2.08. The van der Waals surface area contributed by atoms with E-state index in [-0.39, 0.29) is 11.8 Å². The Bertz CT molecular complexity index is 818. The maximum absolute atomic E-state index is 12.1. The van der Waals surface area contributed by atoms with E-state index in [2.05, 4.69) is 10.6 Å². The highest BCUT2D eigenvalue weighted by molar-refractivity contribution is 5.94. The third kappa shape index (κ3) is 7.11. The number of hydrogen-bond acceptors (Lipinski definition) is 5. The van der Waals surface area contributed by atoms with Crippen molar-refractivity contribution in [1.82, 2.24) is 10.6 Å². The molecular formula is C21H24N2O5. The lowest BCUT2D eigenvalue weighted by molar-refractivity contribution is -0.131. The first-order chi connectivity index (χ1) is 13.5. The zero-order valence-electron chi connectivity index (χ0n) is 16.0. The van der Waals surface area contributed by atoms with Gasteiger partial charge in [-0.2, -0.15) is 0 Å². The zero-order chi connectivity index (χ0) is 20.4. The summed E-state index contributed by atoms with van der Waals surface area (Å²) >= 11 is 0. The van der Waals surface area contributed by atoms with Crippen LogP contribution in [0.1, 0.15) is 29.3 Å². The van der Waals surface area contributed by atoms with Crippen LogP contribution in [0.3, 0.4) is 0 Å². The van der Waals surface area contributed by atoms with Crippen LogP contribution in [0.15, 0.2) is 48.5 Å². The Morgan fingerprint density at radius 1 is 0.929 bits per heavy atom. The standard InChI is InChI=1S/C21H24N2O5/c1-15(24)28-19-6-3-5-17(14-19)21(26)23-12-4-11-22-20(25)13-16-7-9-18(27-2)10-8-16/h3,5-10,14H,4,11-13H2,1-2H3,(H,22,25)(H,23,26). The number of esters is 1. The van der Waals surface area contributed by atoms with Gasteiger partial charge in [0.2, 0.25) is 5.91 Å². The van der Waals surface area contributed by atoms with Crippen molar-refractivity contribution >= 4 is 17.8 Å². The summed E-state index contributed by atoms with van der Waals surface area (Å²) in [7, 11) is 1.59. The van der Waals surface area contributed by atoms with E-state index in [1.54, 1.807) is 25.3 Å². The molecule has 0 saturated carbocycles. The van der Waals surface area contributed by atoms with Crippen molar-refractivity contribution in [2.45, 2.75) is 19.8 Å². The Morgan fingerprint density at radius 3 is 2.32 bits per heavy atom. The van der Waals surface area contributed by atoms with Gasteiger partial charge in [0.1, 0.15) is 11.5 Å². The van der Waals surface area contributed by atoms with E-state index in [1.165, 1.54) is 13.0 Å². The van der Waals surface area contributed by atoms with Gasteiger partial charge in [-0.1, -0.05) is 18.2 Å². The minimum Gasteiger partial charge on any atom is -0.497 e. The van der Waals surface area contributed by atoms with Gasteiger partial charge in [0.05, 0.1) is 13.5 Å². The van der Waals surface area contributed by atoms with Crippen molar-refractivity contribution in [3.8, 4) is 11.5 Å². The van der Waals surface area contributed by atoms with Crippen molar-refractivity contribution in [2.24, 2.45) is 0 Å². The molecule has 0 aliphatic heterocycles. The Labute approximate surface area is 164 Å². The number of rotatable bonds is 9. The van der Waals surface area contributed by atoms with Gasteiger partial charge in [-0.05, 0) is 42.3 Å². The van der Waals surface area contributed by atoms with Gasteiger partial charge in [-0.25, -0.2) is 0 Å². The van der Waals surface area contributed by atoms with Crippen LogP contribution in [0, 0.1) is 0 Å². The number of amides is 2. The molecule has 0 atom stereocenters. The molecule has 2 rings (SSSR count). The number of benzene rings is 2. The van der Waals surface area contributed by atoms with E-state index in [0.717, 1.165) is 11.3 Å². The topological polar surface area (TPSA) is 93.7 Å². The second kappa shape index (κ2) is 10.7. The average Bonchev–Trinajstić information content (AvgIpc) is 2.68. The fourth-order valence-corrected chi connectivity index (χ4v) is 2.48. The second-order valence-corrected chi connectivity index (χ2v) is 6.11. The molecule has 2 amide bonds. The third-order valence-electron chi connectivity index (χ3n) is 3.84. The van der Waals surface area contributed by atoms with Crippen LogP contribution >= 0.6 is 0 Å². The van der Waals surface area contributed by atoms with Gasteiger partial charge >= 0.3 is 5.97 Å². The molecule has 7 nitrogen and oxygen atoms in total. The van der Waals surface area contributed by atoms with E-state index in [1.807, 2.05) is 24.3 Å². The summed E-state index contributed by atoms with van der Waals surface area (Å²) < 4.78 is 10.0. The maximum Gasteiger partial charge on any atom is 0.308 e. The summed E-state index contributed by atoms with van der Waals surface area (Å²) in [5.41, 5.74) is 1.31. The van der Waals surface area contributed by atoms with Crippen LogP contribution in [-0.4, -0.2) is 38.0 Å². The quantitative estimate of drug-likeness (QED) is 0.392. The van der Waals surface area contributed by atoms with Gasteiger partial charge in [0.15, 0.2) is 0 Å². The molecule has 0 heterocycles. The van der Waals surface area contributed by atoms with Crippen molar-refractivity contribution in [3.63, 3.8) is 0 Å². The van der Waals surface area contributed by atoms with E-state index >= 15 is 0 Å². The van der Waals surface area contributed by atoms with Gasteiger partial charge < -0.3 is 20.1 Å². The maximum atomic E-state index is 12.1. The monoisotopic (exact) mass is 384 g/mol. The number of hydrogen-bond donors (Lipinski definition) is 2. The molecule has 0 fully saturated rings. The molecule has 0 unspecified atom stereocenters. The van der Waals surface area contributed by atoms with Gasteiger partial charge in [-0.3, -0.25) is 14.4 Å². The molecule has 28 heavy (non-hydrogen) atoms. The van der Waals surface area contributed by atoms with Crippen molar-refractivity contribution < 1.29 is 23.9 Å². The van der Waals surface area contributed by atoms with Crippen LogP contribution in [0.2, 0.25) is 0 Å². The molecule has 0 radical (unpaired) electrons. The SMILES string of the molecule is COc1ccc(CC(=O)NCCCNC(=O)c2cccc(OC(C)=O)c2)cc1. The zero-order valence-corrected chi connectivity index (χ0v) is 16.0. The smallest absolute Gasteiger partial charge is 0.308 e. The fraction of sp³-hybridized carbons (Fsp3) is 0.286. The number of nitrogens with one attached hydrogen (secondary N) is 2. The normalized spacial score (nSPS) is 10.1. The highest BCUT2D eigenvalue weighted by Gasteiger charge is 2.08. The first-order valence-electron chi connectivity index (χ1n) is 8.94. The molecule has 7 heteroatoms. The summed E-state index contributed by atoms with van der Waals surface area (Å²) in [4.78, 5) is 35.0. The molecule has 2 N–H and O–H groups in total. The van der Waals surface area contributed by atoms with Crippen LogP contribution in [0.4, 0.5) is 0 Å². The first-order valence-corrected chi connectivity index (χ1v) is 8.94. The lowest BCUT2D eigenvalue weighted by atomic mass is 10.1. The van der Waals surface area contributed by atoms with Crippen molar-refractivity contribution in [1.29, 1.82) is 0 Å². The summed E-state index contributed by atoms with van der Waals surface area (Å²) in [6, 6.07) is 13.7. The molecule has 0 aliphatic rings. The molecule has 2 aromatic carbocycles. The Morgan fingerprint density at radius 2 is 1.64 bits per heavy atom. The third-order valence-corrected chi connectivity index (χ3v) is 3.84. The van der Waals surface area contributed by atoms with Crippen molar-refractivity contribution in [2.75, 3.05) is 20.2 Å². The molecular weight excluding hydrogens is 360 g/mol. The Hall–Kier alpha value is -3.35. The summed E-state index contributed by atoms with van der Waals surface area (Å²) in [5.74, 6) is 0.288. The molecule has 148 valence electrons. The highest BCUT2D eigenvalue weighted by atomic mass is 16.5. The number of carbonyl (C=O) groups is 3. The summed E-state index contributed by atoms with van der Waals surface area (Å²) in [5, 5.41) is 5.60. The highest BCUT2D eigenvalue weighted by Crippen LogP contribution is 2.13. The van der Waals surface area contributed by atoms with Crippen LogP contribution < -0.4 is 20.1 Å². The number of carbonyl (C=O) groups excluding carboxylic acids is 3. The van der Waals surface area contributed by atoms with Gasteiger partial charge in [0, 0.05) is 25.6 Å². The molecule has 0 saturated heterocycles. The second-order valence-electron chi connectivity index (χ2n) is 6.11. The summed E-state index contributed by atoms with van der Waals surface area (Å²) in [6.45, 7) is 2.18. The Kier molecular flexibility index (Phi) is 8.02. The molecule has 0 bridgehead atoms. The lowest BCUT2D eigenvalue weighted by Crippen LogP contribution is -2.30. The van der Waals surface area contributed by atoms with Gasteiger partial charge in [0.25, 0.3) is 5.91 Å².